The second kappa shape index (κ2) is 7.97. The van der Waals surface area contributed by atoms with E-state index in [0.29, 0.717) is 22.4 Å². The van der Waals surface area contributed by atoms with Crippen molar-refractivity contribution in [2.24, 2.45) is 0 Å². The Bertz CT molecular complexity index is 918. The van der Waals surface area contributed by atoms with Gasteiger partial charge in [0, 0.05) is 23.7 Å². The SMILES string of the molecule is CC(=O)Nc1ccc(-c2nnc(SCC(=O)c3ccc(C)cc3)o2)cc1. The summed E-state index contributed by atoms with van der Waals surface area (Å²) in [5.41, 5.74) is 3.21. The first-order chi connectivity index (χ1) is 12.5. The zero-order valence-electron chi connectivity index (χ0n) is 14.4. The first kappa shape index (κ1) is 17.9. The van der Waals surface area contributed by atoms with Crippen LogP contribution in [0.3, 0.4) is 0 Å². The lowest BCUT2D eigenvalue weighted by Crippen LogP contribution is -2.05. The smallest absolute Gasteiger partial charge is 0.277 e. The molecular formula is C19H17N3O3S. The van der Waals surface area contributed by atoms with Crippen LogP contribution in [0.5, 0.6) is 0 Å². The number of hydrogen-bond donors (Lipinski definition) is 1. The number of anilines is 1. The fourth-order valence-corrected chi connectivity index (χ4v) is 2.89. The summed E-state index contributed by atoms with van der Waals surface area (Å²) in [6, 6.07) is 14.5. The lowest BCUT2D eigenvalue weighted by molar-refractivity contribution is -0.114. The van der Waals surface area contributed by atoms with Gasteiger partial charge in [-0.25, -0.2) is 0 Å². The molecule has 1 amide bonds. The molecule has 3 aromatic rings. The summed E-state index contributed by atoms with van der Waals surface area (Å²) >= 11 is 1.21. The molecule has 3 rings (SSSR count). The van der Waals surface area contributed by atoms with E-state index in [9.17, 15) is 9.59 Å². The van der Waals surface area contributed by atoms with Gasteiger partial charge in [-0.2, -0.15) is 0 Å². The zero-order chi connectivity index (χ0) is 18.5. The Kier molecular flexibility index (Phi) is 5.48. The molecule has 1 heterocycles. The Labute approximate surface area is 155 Å². The summed E-state index contributed by atoms with van der Waals surface area (Å²) in [7, 11) is 0. The number of carbonyl (C=O) groups excluding carboxylic acids is 2. The zero-order valence-corrected chi connectivity index (χ0v) is 15.2. The molecular weight excluding hydrogens is 350 g/mol. The molecule has 0 aliphatic heterocycles. The molecule has 6 nitrogen and oxygen atoms in total. The van der Waals surface area contributed by atoms with Gasteiger partial charge in [0.15, 0.2) is 5.78 Å². The Morgan fingerprint density at radius 3 is 2.38 bits per heavy atom. The number of aryl methyl sites for hydroxylation is 1. The van der Waals surface area contributed by atoms with Crippen LogP contribution in [-0.4, -0.2) is 27.6 Å². The van der Waals surface area contributed by atoms with Gasteiger partial charge in [0.05, 0.1) is 5.75 Å². The third kappa shape index (κ3) is 4.58. The third-order valence-corrected chi connectivity index (χ3v) is 4.38. The largest absolute Gasteiger partial charge is 0.411 e. The number of nitrogens with one attached hydrogen (secondary N) is 1. The Balaban J connectivity index is 1.61. The molecule has 0 aliphatic carbocycles. The maximum atomic E-state index is 12.2. The number of amides is 1. The van der Waals surface area contributed by atoms with Crippen molar-refractivity contribution < 1.29 is 14.0 Å². The van der Waals surface area contributed by atoms with Crippen LogP contribution >= 0.6 is 11.8 Å². The number of rotatable bonds is 6. The second-order valence-corrected chi connectivity index (χ2v) is 6.64. The average molecular weight is 367 g/mol. The van der Waals surface area contributed by atoms with Gasteiger partial charge in [0.25, 0.3) is 5.22 Å². The molecule has 132 valence electrons. The highest BCUT2D eigenvalue weighted by Crippen LogP contribution is 2.25. The molecule has 1 N–H and O–H groups in total. The average Bonchev–Trinajstić information content (AvgIpc) is 3.09. The molecule has 7 heteroatoms. The topological polar surface area (TPSA) is 85.1 Å². The fraction of sp³-hybridized carbons (Fsp3) is 0.158. The van der Waals surface area contributed by atoms with Crippen molar-refractivity contribution in [2.45, 2.75) is 19.1 Å². The van der Waals surface area contributed by atoms with Crippen LogP contribution in [-0.2, 0) is 4.79 Å². The summed E-state index contributed by atoms with van der Waals surface area (Å²) < 4.78 is 5.60. The van der Waals surface area contributed by atoms with Gasteiger partial charge in [-0.05, 0) is 31.2 Å². The van der Waals surface area contributed by atoms with E-state index >= 15 is 0 Å². The number of thioether (sulfide) groups is 1. The van der Waals surface area contributed by atoms with Crippen molar-refractivity contribution >= 4 is 29.1 Å². The first-order valence-electron chi connectivity index (χ1n) is 7.95. The second-order valence-electron chi connectivity index (χ2n) is 5.71. The van der Waals surface area contributed by atoms with Crippen LogP contribution in [0.15, 0.2) is 58.2 Å². The summed E-state index contributed by atoms with van der Waals surface area (Å²) in [5.74, 6) is 0.471. The van der Waals surface area contributed by atoms with E-state index in [1.54, 1.807) is 24.3 Å². The lowest BCUT2D eigenvalue weighted by atomic mass is 10.1. The standard InChI is InChI=1S/C19H17N3O3S/c1-12-3-5-14(6-4-12)17(24)11-26-19-22-21-18(25-19)15-7-9-16(10-8-15)20-13(2)23/h3-10H,11H2,1-2H3,(H,20,23). The molecule has 0 unspecified atom stereocenters. The van der Waals surface area contributed by atoms with Gasteiger partial charge >= 0.3 is 0 Å². The number of Topliss-reactive ketones (excluding diaryl/α,β-unsaturated/α-hetero) is 1. The van der Waals surface area contributed by atoms with Crippen LogP contribution in [0.1, 0.15) is 22.8 Å². The number of aromatic nitrogens is 2. The minimum absolute atomic E-state index is 0.00871. The maximum Gasteiger partial charge on any atom is 0.277 e. The van der Waals surface area contributed by atoms with E-state index in [1.165, 1.54) is 18.7 Å². The summed E-state index contributed by atoms with van der Waals surface area (Å²) in [6.07, 6.45) is 0. The van der Waals surface area contributed by atoms with Crippen molar-refractivity contribution in [3.63, 3.8) is 0 Å². The van der Waals surface area contributed by atoms with Crippen LogP contribution in [0.2, 0.25) is 0 Å². The number of hydrogen-bond acceptors (Lipinski definition) is 6. The van der Waals surface area contributed by atoms with E-state index < -0.39 is 0 Å². The fourth-order valence-electron chi connectivity index (χ4n) is 2.23. The third-order valence-electron chi connectivity index (χ3n) is 3.56. The normalized spacial score (nSPS) is 10.5. The monoisotopic (exact) mass is 367 g/mol. The van der Waals surface area contributed by atoms with Gasteiger partial charge in [-0.1, -0.05) is 41.6 Å². The molecule has 0 saturated carbocycles. The van der Waals surface area contributed by atoms with E-state index in [2.05, 4.69) is 15.5 Å². The lowest BCUT2D eigenvalue weighted by Gasteiger charge is -2.01. The number of carbonyl (C=O) groups is 2. The minimum atomic E-state index is -0.132. The summed E-state index contributed by atoms with van der Waals surface area (Å²) in [6.45, 7) is 3.43. The highest BCUT2D eigenvalue weighted by Gasteiger charge is 2.12. The highest BCUT2D eigenvalue weighted by atomic mass is 32.2. The van der Waals surface area contributed by atoms with E-state index in [4.69, 9.17) is 4.42 Å². The predicted molar refractivity (Wildman–Crippen MR) is 100 cm³/mol. The maximum absolute atomic E-state index is 12.2. The van der Waals surface area contributed by atoms with Gasteiger partial charge in [0.1, 0.15) is 0 Å². The molecule has 0 fully saturated rings. The van der Waals surface area contributed by atoms with Crippen molar-refractivity contribution in [2.75, 3.05) is 11.1 Å². The Morgan fingerprint density at radius 1 is 1.04 bits per heavy atom. The van der Waals surface area contributed by atoms with Crippen molar-refractivity contribution in [1.82, 2.24) is 10.2 Å². The van der Waals surface area contributed by atoms with Crippen LogP contribution in [0, 0.1) is 6.92 Å². The molecule has 1 aromatic heterocycles. The number of ketones is 1. The predicted octanol–water partition coefficient (Wildman–Crippen LogP) is 3.98. The molecule has 0 saturated heterocycles. The van der Waals surface area contributed by atoms with Gasteiger partial charge < -0.3 is 9.73 Å². The van der Waals surface area contributed by atoms with E-state index in [1.807, 2.05) is 31.2 Å². The summed E-state index contributed by atoms with van der Waals surface area (Å²) in [4.78, 5) is 23.2. The van der Waals surface area contributed by atoms with Crippen LogP contribution in [0.25, 0.3) is 11.5 Å². The molecule has 26 heavy (non-hydrogen) atoms. The minimum Gasteiger partial charge on any atom is -0.411 e. The van der Waals surface area contributed by atoms with Crippen molar-refractivity contribution in [3.05, 3.63) is 59.7 Å². The molecule has 0 atom stereocenters. The van der Waals surface area contributed by atoms with Crippen LogP contribution < -0.4 is 5.32 Å². The van der Waals surface area contributed by atoms with E-state index in [0.717, 1.165) is 11.1 Å². The van der Waals surface area contributed by atoms with Gasteiger partial charge in [-0.3, -0.25) is 9.59 Å². The first-order valence-corrected chi connectivity index (χ1v) is 8.94. The quantitative estimate of drug-likeness (QED) is 0.524. The molecule has 0 spiro atoms. The van der Waals surface area contributed by atoms with Crippen molar-refractivity contribution in [3.8, 4) is 11.5 Å². The molecule has 0 radical (unpaired) electrons. The van der Waals surface area contributed by atoms with E-state index in [-0.39, 0.29) is 17.4 Å². The highest BCUT2D eigenvalue weighted by molar-refractivity contribution is 7.99. The molecule has 2 aromatic carbocycles. The van der Waals surface area contributed by atoms with Crippen molar-refractivity contribution in [1.29, 1.82) is 0 Å². The number of benzene rings is 2. The van der Waals surface area contributed by atoms with Gasteiger partial charge in [0.2, 0.25) is 11.8 Å². The number of nitrogens with zero attached hydrogens (tertiary/aromatic N) is 2. The van der Waals surface area contributed by atoms with Gasteiger partial charge in [-0.15, -0.1) is 10.2 Å². The Morgan fingerprint density at radius 2 is 1.73 bits per heavy atom. The Hall–Kier alpha value is -2.93. The molecule has 0 aliphatic rings. The molecule has 0 bridgehead atoms. The summed E-state index contributed by atoms with van der Waals surface area (Å²) in [5, 5.41) is 11.0. The van der Waals surface area contributed by atoms with Crippen LogP contribution in [0.4, 0.5) is 5.69 Å².